The monoisotopic (exact) mass is 219 g/mol. The smallest absolute Gasteiger partial charge is 0.142 e. The summed E-state index contributed by atoms with van der Waals surface area (Å²) in [5, 5.41) is 8.89. The van der Waals surface area contributed by atoms with Gasteiger partial charge in [0.2, 0.25) is 0 Å². The highest BCUT2D eigenvalue weighted by molar-refractivity contribution is 5.47. The van der Waals surface area contributed by atoms with E-state index in [4.69, 9.17) is 20.5 Å². The first-order chi connectivity index (χ1) is 7.74. The first-order valence-corrected chi connectivity index (χ1v) is 5.09. The van der Waals surface area contributed by atoms with Crippen molar-refractivity contribution in [3.05, 3.63) is 17.8 Å². The lowest BCUT2D eigenvalue weighted by Gasteiger charge is -2.35. The van der Waals surface area contributed by atoms with Gasteiger partial charge in [0.25, 0.3) is 0 Å². The zero-order valence-corrected chi connectivity index (χ0v) is 9.01. The van der Waals surface area contributed by atoms with E-state index in [0.717, 1.165) is 12.8 Å². The largest absolute Gasteiger partial charge is 0.486 e. The number of hydrogen-bond acceptors (Lipinski definition) is 5. The standard InChI is InChI=1S/C11H13N3O2/c1-15-8-2-3-9(8)16-10-4-11(13)14-6-7(10)5-12/h4,6,8-9H,2-3H2,1H3,(H2,13,14)/t8-,9+/m1/s1. The molecule has 1 aromatic heterocycles. The molecule has 1 aliphatic carbocycles. The minimum Gasteiger partial charge on any atom is -0.486 e. The summed E-state index contributed by atoms with van der Waals surface area (Å²) >= 11 is 0. The number of nitrogens with two attached hydrogens (primary N) is 1. The minimum atomic E-state index is 0.0129. The van der Waals surface area contributed by atoms with Gasteiger partial charge >= 0.3 is 0 Å². The molecule has 84 valence electrons. The quantitative estimate of drug-likeness (QED) is 0.823. The molecule has 5 nitrogen and oxygen atoms in total. The van der Waals surface area contributed by atoms with Crippen molar-refractivity contribution in [2.75, 3.05) is 12.8 Å². The Labute approximate surface area is 93.8 Å². The first kappa shape index (κ1) is 10.7. The van der Waals surface area contributed by atoms with Crippen molar-refractivity contribution in [1.29, 1.82) is 5.26 Å². The summed E-state index contributed by atoms with van der Waals surface area (Å²) in [5.74, 6) is 0.837. The van der Waals surface area contributed by atoms with Crippen LogP contribution in [-0.4, -0.2) is 24.3 Å². The number of nitrogens with zero attached hydrogens (tertiary/aromatic N) is 2. The van der Waals surface area contributed by atoms with Crippen LogP contribution in [0.25, 0.3) is 0 Å². The van der Waals surface area contributed by atoms with Crippen LogP contribution in [0.1, 0.15) is 18.4 Å². The van der Waals surface area contributed by atoms with Crippen molar-refractivity contribution < 1.29 is 9.47 Å². The predicted molar refractivity (Wildman–Crippen MR) is 57.8 cm³/mol. The Hall–Kier alpha value is -1.80. The number of methoxy groups -OCH3 is 1. The molecule has 0 saturated heterocycles. The molecule has 1 heterocycles. The molecule has 0 amide bonds. The van der Waals surface area contributed by atoms with E-state index in [1.165, 1.54) is 6.20 Å². The van der Waals surface area contributed by atoms with Gasteiger partial charge in [-0.05, 0) is 12.8 Å². The van der Waals surface area contributed by atoms with Gasteiger partial charge in [-0.15, -0.1) is 0 Å². The van der Waals surface area contributed by atoms with Crippen LogP contribution >= 0.6 is 0 Å². The van der Waals surface area contributed by atoms with Crippen LogP contribution in [0.15, 0.2) is 12.3 Å². The summed E-state index contributed by atoms with van der Waals surface area (Å²) in [6, 6.07) is 3.60. The van der Waals surface area contributed by atoms with Crippen molar-refractivity contribution in [2.45, 2.75) is 25.0 Å². The Balaban J connectivity index is 2.14. The van der Waals surface area contributed by atoms with Gasteiger partial charge in [-0.3, -0.25) is 0 Å². The van der Waals surface area contributed by atoms with Crippen LogP contribution in [-0.2, 0) is 4.74 Å². The van der Waals surface area contributed by atoms with Gasteiger partial charge in [0.1, 0.15) is 29.3 Å². The third-order valence-corrected chi connectivity index (χ3v) is 2.74. The van der Waals surface area contributed by atoms with E-state index in [2.05, 4.69) is 4.98 Å². The van der Waals surface area contributed by atoms with E-state index >= 15 is 0 Å². The van der Waals surface area contributed by atoms with Gasteiger partial charge in [0, 0.05) is 13.2 Å². The summed E-state index contributed by atoms with van der Waals surface area (Å²) in [6.45, 7) is 0. The third kappa shape index (κ3) is 1.92. The normalized spacial score (nSPS) is 23.2. The number of nitrogen functional groups attached to an aromatic ring is 1. The molecule has 1 aromatic rings. The van der Waals surface area contributed by atoms with Crippen LogP contribution in [0, 0.1) is 11.3 Å². The van der Waals surface area contributed by atoms with Crippen molar-refractivity contribution in [3.63, 3.8) is 0 Å². The van der Waals surface area contributed by atoms with E-state index in [9.17, 15) is 0 Å². The average Bonchev–Trinajstić information content (AvgIpc) is 2.25. The summed E-state index contributed by atoms with van der Waals surface area (Å²) < 4.78 is 10.9. The SMILES string of the molecule is CO[C@@H]1CC[C@@H]1Oc1cc(N)ncc1C#N. The van der Waals surface area contributed by atoms with Crippen LogP contribution in [0.5, 0.6) is 5.75 Å². The highest BCUT2D eigenvalue weighted by Crippen LogP contribution is 2.30. The van der Waals surface area contributed by atoms with Crippen LogP contribution in [0.2, 0.25) is 0 Å². The fourth-order valence-electron chi connectivity index (χ4n) is 1.64. The fourth-order valence-corrected chi connectivity index (χ4v) is 1.64. The van der Waals surface area contributed by atoms with E-state index in [-0.39, 0.29) is 12.2 Å². The third-order valence-electron chi connectivity index (χ3n) is 2.74. The second kappa shape index (κ2) is 4.37. The molecule has 1 aliphatic rings. The lowest BCUT2D eigenvalue weighted by molar-refractivity contribution is -0.0626. The van der Waals surface area contributed by atoms with Crippen molar-refractivity contribution in [2.24, 2.45) is 0 Å². The number of pyridine rings is 1. The minimum absolute atomic E-state index is 0.0129. The molecule has 1 fully saturated rings. The van der Waals surface area contributed by atoms with Crippen molar-refractivity contribution in [1.82, 2.24) is 4.98 Å². The second-order valence-corrected chi connectivity index (χ2v) is 3.72. The van der Waals surface area contributed by atoms with Crippen LogP contribution in [0.4, 0.5) is 5.82 Å². The highest BCUT2D eigenvalue weighted by atomic mass is 16.5. The molecular weight excluding hydrogens is 206 g/mol. The molecule has 0 unspecified atom stereocenters. The highest BCUT2D eigenvalue weighted by Gasteiger charge is 2.33. The lowest BCUT2D eigenvalue weighted by Crippen LogP contribution is -2.42. The number of nitriles is 1. The summed E-state index contributed by atoms with van der Waals surface area (Å²) in [7, 11) is 1.66. The van der Waals surface area contributed by atoms with E-state index in [0.29, 0.717) is 17.1 Å². The molecule has 2 atom stereocenters. The molecule has 0 aromatic carbocycles. The molecular formula is C11H13N3O2. The molecule has 5 heteroatoms. The second-order valence-electron chi connectivity index (χ2n) is 3.72. The zero-order chi connectivity index (χ0) is 11.5. The number of rotatable bonds is 3. The average molecular weight is 219 g/mol. The zero-order valence-electron chi connectivity index (χ0n) is 9.01. The van der Waals surface area contributed by atoms with Gasteiger partial charge in [-0.1, -0.05) is 0 Å². The van der Waals surface area contributed by atoms with Gasteiger partial charge in [0.05, 0.1) is 12.3 Å². The van der Waals surface area contributed by atoms with Crippen LogP contribution in [0.3, 0.4) is 0 Å². The number of ether oxygens (including phenoxy) is 2. The van der Waals surface area contributed by atoms with Crippen LogP contribution < -0.4 is 10.5 Å². The van der Waals surface area contributed by atoms with Crippen molar-refractivity contribution in [3.8, 4) is 11.8 Å². The van der Waals surface area contributed by atoms with Crippen molar-refractivity contribution >= 4 is 5.82 Å². The summed E-state index contributed by atoms with van der Waals surface area (Å²) in [5.41, 5.74) is 5.95. The molecule has 2 N–H and O–H groups in total. The molecule has 0 bridgehead atoms. The number of anilines is 1. The topological polar surface area (TPSA) is 81.2 Å². The number of hydrogen-bond donors (Lipinski definition) is 1. The van der Waals surface area contributed by atoms with Gasteiger partial charge < -0.3 is 15.2 Å². The maximum atomic E-state index is 8.89. The van der Waals surface area contributed by atoms with Gasteiger partial charge in [-0.2, -0.15) is 5.26 Å². The molecule has 0 aliphatic heterocycles. The Morgan fingerprint density at radius 3 is 2.81 bits per heavy atom. The molecule has 0 radical (unpaired) electrons. The molecule has 16 heavy (non-hydrogen) atoms. The molecule has 0 spiro atoms. The Kier molecular flexibility index (Phi) is 2.93. The summed E-state index contributed by atoms with van der Waals surface area (Å²) in [4.78, 5) is 3.84. The Morgan fingerprint density at radius 1 is 1.50 bits per heavy atom. The fraction of sp³-hybridized carbons (Fsp3) is 0.455. The number of aromatic nitrogens is 1. The maximum Gasteiger partial charge on any atom is 0.142 e. The van der Waals surface area contributed by atoms with Gasteiger partial charge in [0.15, 0.2) is 0 Å². The van der Waals surface area contributed by atoms with E-state index in [1.54, 1.807) is 13.2 Å². The Bertz CT molecular complexity index is 426. The molecule has 1 saturated carbocycles. The lowest BCUT2D eigenvalue weighted by atomic mass is 9.92. The summed E-state index contributed by atoms with van der Waals surface area (Å²) in [6.07, 6.45) is 3.47. The Morgan fingerprint density at radius 2 is 2.25 bits per heavy atom. The van der Waals surface area contributed by atoms with Gasteiger partial charge in [-0.25, -0.2) is 4.98 Å². The van der Waals surface area contributed by atoms with E-state index < -0.39 is 0 Å². The first-order valence-electron chi connectivity index (χ1n) is 5.09. The molecule has 2 rings (SSSR count). The maximum absolute atomic E-state index is 8.89. The predicted octanol–water partition coefficient (Wildman–Crippen LogP) is 1.09. The van der Waals surface area contributed by atoms with E-state index in [1.807, 2.05) is 6.07 Å².